The van der Waals surface area contributed by atoms with Crippen LogP contribution in [0.4, 0.5) is 0 Å². The first kappa shape index (κ1) is 7.08. The maximum atomic E-state index is 2.92. The summed E-state index contributed by atoms with van der Waals surface area (Å²) >= 11 is 0. The lowest BCUT2D eigenvalue weighted by atomic mass is 10.5. The van der Waals surface area contributed by atoms with Gasteiger partial charge in [-0.2, -0.15) is 0 Å². The molecular formula is C6H7BN. The molecule has 1 nitrogen and oxygen atoms in total. The lowest BCUT2D eigenvalue weighted by Crippen LogP contribution is -1.87. The van der Waals surface area contributed by atoms with E-state index in [-0.39, 0.29) is 8.41 Å². The molecule has 0 unspecified atom stereocenters. The summed E-state index contributed by atoms with van der Waals surface area (Å²) in [5.74, 6) is 0. The van der Waals surface area contributed by atoms with Crippen molar-refractivity contribution in [1.29, 1.82) is 0 Å². The van der Waals surface area contributed by atoms with Crippen molar-refractivity contribution in [3.05, 3.63) is 36.7 Å². The van der Waals surface area contributed by atoms with E-state index < -0.39 is 0 Å². The van der Waals surface area contributed by atoms with Crippen LogP contribution in [-0.4, -0.2) is 8.41 Å². The summed E-state index contributed by atoms with van der Waals surface area (Å²) in [7, 11) is 0. The summed E-state index contributed by atoms with van der Waals surface area (Å²) in [6.07, 6.45) is 11.6. The van der Waals surface area contributed by atoms with Gasteiger partial charge in [0.1, 0.15) is 0 Å². The molecule has 0 saturated carbocycles. The number of hydrogen-bond donors (Lipinski definition) is 1. The third-order valence-corrected chi connectivity index (χ3v) is 0.718. The maximum Gasteiger partial charge on any atom is 0.000442 e. The smallest absolute Gasteiger partial charge is 0.000442 e. The van der Waals surface area contributed by atoms with Crippen LogP contribution in [0.1, 0.15) is 0 Å². The highest BCUT2D eigenvalue weighted by atomic mass is 14.8. The predicted molar refractivity (Wildman–Crippen MR) is 36.3 cm³/mol. The van der Waals surface area contributed by atoms with Gasteiger partial charge in [0.2, 0.25) is 0 Å². The van der Waals surface area contributed by atoms with Crippen molar-refractivity contribution in [3.63, 3.8) is 0 Å². The fraction of sp³-hybridized carbons (Fsp3) is 0. The SMILES string of the molecule is C1=CC=CNC=C1.[B]. The van der Waals surface area contributed by atoms with Crippen LogP contribution in [-0.2, 0) is 0 Å². The van der Waals surface area contributed by atoms with Crippen LogP contribution in [0, 0.1) is 0 Å². The summed E-state index contributed by atoms with van der Waals surface area (Å²) in [6, 6.07) is 0. The minimum atomic E-state index is 0. The standard InChI is InChI=1S/C6H7N.B/c1-2-4-6-7-5-3-1;/h1-7H;. The van der Waals surface area contributed by atoms with Gasteiger partial charge in [-0.1, -0.05) is 12.2 Å². The molecule has 8 heavy (non-hydrogen) atoms. The van der Waals surface area contributed by atoms with Gasteiger partial charge in [0, 0.05) is 20.8 Å². The molecule has 1 aliphatic rings. The molecule has 0 aromatic carbocycles. The lowest BCUT2D eigenvalue weighted by Gasteiger charge is -1.79. The fourth-order valence-electron chi connectivity index (χ4n) is 0.406. The van der Waals surface area contributed by atoms with E-state index in [1.54, 1.807) is 0 Å². The predicted octanol–water partition coefficient (Wildman–Crippen LogP) is 0.792. The summed E-state index contributed by atoms with van der Waals surface area (Å²) in [5.41, 5.74) is 0. The highest BCUT2D eigenvalue weighted by molar-refractivity contribution is 5.75. The van der Waals surface area contributed by atoms with Crippen LogP contribution >= 0.6 is 0 Å². The summed E-state index contributed by atoms with van der Waals surface area (Å²) in [6.45, 7) is 0. The van der Waals surface area contributed by atoms with Crippen LogP contribution in [0.25, 0.3) is 0 Å². The van der Waals surface area contributed by atoms with Gasteiger partial charge < -0.3 is 5.32 Å². The Morgan fingerprint density at radius 3 is 1.75 bits per heavy atom. The van der Waals surface area contributed by atoms with Gasteiger partial charge >= 0.3 is 0 Å². The third kappa shape index (κ3) is 2.29. The molecule has 39 valence electrons. The van der Waals surface area contributed by atoms with Crippen molar-refractivity contribution in [2.75, 3.05) is 0 Å². The Balaban J connectivity index is 0.000000490. The molecule has 0 aromatic rings. The Labute approximate surface area is 51.4 Å². The van der Waals surface area contributed by atoms with Crippen molar-refractivity contribution >= 4 is 8.41 Å². The van der Waals surface area contributed by atoms with E-state index in [4.69, 9.17) is 0 Å². The molecule has 0 spiro atoms. The van der Waals surface area contributed by atoms with Crippen LogP contribution in [0.2, 0.25) is 0 Å². The van der Waals surface area contributed by atoms with Crippen LogP contribution in [0.3, 0.4) is 0 Å². The van der Waals surface area contributed by atoms with E-state index in [2.05, 4.69) is 5.32 Å². The molecule has 0 fully saturated rings. The monoisotopic (exact) mass is 104 g/mol. The third-order valence-electron chi connectivity index (χ3n) is 0.718. The Morgan fingerprint density at radius 1 is 0.750 bits per heavy atom. The first-order valence-corrected chi connectivity index (χ1v) is 2.24. The van der Waals surface area contributed by atoms with Gasteiger partial charge in [-0.25, -0.2) is 0 Å². The lowest BCUT2D eigenvalue weighted by molar-refractivity contribution is 1.20. The molecule has 0 amide bonds. The number of hydrogen-bond acceptors (Lipinski definition) is 1. The first-order valence-electron chi connectivity index (χ1n) is 2.24. The normalized spacial score (nSPS) is 14.0. The molecule has 0 atom stereocenters. The zero-order valence-corrected chi connectivity index (χ0v) is 4.54. The van der Waals surface area contributed by atoms with Crippen molar-refractivity contribution < 1.29 is 0 Å². The number of rotatable bonds is 0. The molecule has 0 aromatic heterocycles. The average molecular weight is 104 g/mol. The van der Waals surface area contributed by atoms with Gasteiger partial charge in [-0.3, -0.25) is 0 Å². The second-order valence-electron chi connectivity index (χ2n) is 1.27. The molecular weight excluding hydrogens is 96.9 g/mol. The topological polar surface area (TPSA) is 12.0 Å². The summed E-state index contributed by atoms with van der Waals surface area (Å²) < 4.78 is 0. The van der Waals surface area contributed by atoms with Crippen molar-refractivity contribution in [1.82, 2.24) is 5.32 Å². The van der Waals surface area contributed by atoms with E-state index in [9.17, 15) is 0 Å². The molecule has 1 N–H and O–H groups in total. The van der Waals surface area contributed by atoms with Gasteiger partial charge in [-0.05, 0) is 12.2 Å². The minimum absolute atomic E-state index is 0. The molecule has 1 heterocycles. The zero-order chi connectivity index (χ0) is 4.95. The van der Waals surface area contributed by atoms with E-state index in [1.165, 1.54) is 0 Å². The van der Waals surface area contributed by atoms with Gasteiger partial charge in [0.05, 0.1) is 0 Å². The molecule has 2 heteroatoms. The quantitative estimate of drug-likeness (QED) is 0.448. The summed E-state index contributed by atoms with van der Waals surface area (Å²) in [4.78, 5) is 0. The van der Waals surface area contributed by atoms with E-state index in [0.717, 1.165) is 0 Å². The minimum Gasteiger partial charge on any atom is -0.368 e. The second-order valence-corrected chi connectivity index (χ2v) is 1.27. The Bertz CT molecular complexity index is 110. The Kier molecular flexibility index (Phi) is 3.76. The molecule has 1 rings (SSSR count). The van der Waals surface area contributed by atoms with Gasteiger partial charge in [0.15, 0.2) is 0 Å². The van der Waals surface area contributed by atoms with Crippen LogP contribution < -0.4 is 5.32 Å². The zero-order valence-electron chi connectivity index (χ0n) is 4.54. The van der Waals surface area contributed by atoms with Gasteiger partial charge in [-0.15, -0.1) is 0 Å². The van der Waals surface area contributed by atoms with Crippen molar-refractivity contribution in [3.8, 4) is 0 Å². The average Bonchev–Trinajstić information content (AvgIpc) is 1.90. The fourth-order valence-corrected chi connectivity index (χ4v) is 0.406. The van der Waals surface area contributed by atoms with Crippen molar-refractivity contribution in [2.45, 2.75) is 0 Å². The first-order chi connectivity index (χ1) is 3.50. The summed E-state index contributed by atoms with van der Waals surface area (Å²) in [5, 5.41) is 2.92. The Hall–Kier alpha value is -0.915. The van der Waals surface area contributed by atoms with E-state index >= 15 is 0 Å². The molecule has 0 bridgehead atoms. The molecule has 0 aliphatic carbocycles. The van der Waals surface area contributed by atoms with Crippen molar-refractivity contribution in [2.24, 2.45) is 0 Å². The van der Waals surface area contributed by atoms with E-state index in [1.807, 2.05) is 36.7 Å². The largest absolute Gasteiger partial charge is 0.368 e. The molecule has 3 radical (unpaired) electrons. The molecule has 0 saturated heterocycles. The number of allylic oxidation sites excluding steroid dienone is 4. The molecule has 1 aliphatic heterocycles. The number of nitrogens with one attached hydrogen (secondary N) is 1. The van der Waals surface area contributed by atoms with E-state index in [0.29, 0.717) is 0 Å². The second kappa shape index (κ2) is 4.25. The van der Waals surface area contributed by atoms with Crippen LogP contribution in [0.15, 0.2) is 36.7 Å². The Morgan fingerprint density at radius 2 is 1.25 bits per heavy atom. The maximum absolute atomic E-state index is 2.92. The van der Waals surface area contributed by atoms with Crippen LogP contribution in [0.5, 0.6) is 0 Å². The highest BCUT2D eigenvalue weighted by Gasteiger charge is 1.67. The van der Waals surface area contributed by atoms with Gasteiger partial charge in [0.25, 0.3) is 0 Å². The highest BCUT2D eigenvalue weighted by Crippen LogP contribution is 1.81.